The van der Waals surface area contributed by atoms with Crippen LogP contribution in [0.15, 0.2) is 52.7 Å². The number of benzene rings is 1. The summed E-state index contributed by atoms with van der Waals surface area (Å²) < 4.78 is 5.02. The van der Waals surface area contributed by atoms with Gasteiger partial charge >= 0.3 is 0 Å². The highest BCUT2D eigenvalue weighted by Gasteiger charge is 2.09. The lowest BCUT2D eigenvalue weighted by Crippen LogP contribution is -1.87. The van der Waals surface area contributed by atoms with Crippen LogP contribution in [0.4, 0.5) is 5.69 Å². The highest BCUT2D eigenvalue weighted by molar-refractivity contribution is 7.13. The van der Waals surface area contributed by atoms with Gasteiger partial charge < -0.3 is 4.42 Å². The summed E-state index contributed by atoms with van der Waals surface area (Å²) in [6, 6.07) is 8.20. The molecule has 6 heteroatoms. The minimum absolute atomic E-state index is 0.0778. The average molecular weight is 272 g/mol. The van der Waals surface area contributed by atoms with Crippen molar-refractivity contribution in [3.8, 4) is 21.8 Å². The number of hydrogen-bond acceptors (Lipinski definition) is 5. The Morgan fingerprint density at radius 1 is 1.16 bits per heavy atom. The molecule has 0 amide bonds. The molecule has 94 valence electrons. The first-order valence-corrected chi connectivity index (χ1v) is 6.35. The van der Waals surface area contributed by atoms with Crippen LogP contribution in [0.5, 0.6) is 0 Å². The summed E-state index contributed by atoms with van der Waals surface area (Å²) in [4.78, 5) is 14.7. The Balaban J connectivity index is 1.92. The molecular weight excluding hydrogens is 264 g/mol. The number of non-ortho nitro benzene ring substituents is 1. The smallest absolute Gasteiger partial charge is 0.269 e. The topological polar surface area (TPSA) is 69.2 Å². The molecule has 0 aliphatic carbocycles. The van der Waals surface area contributed by atoms with Crippen LogP contribution in [-0.4, -0.2) is 9.91 Å². The molecule has 0 unspecified atom stereocenters. The summed E-state index contributed by atoms with van der Waals surface area (Å²) in [6.07, 6.45) is 3.24. The van der Waals surface area contributed by atoms with Gasteiger partial charge in [0.2, 0.25) is 0 Å². The van der Waals surface area contributed by atoms with E-state index in [9.17, 15) is 10.1 Å². The molecule has 0 N–H and O–H groups in total. The molecule has 0 spiro atoms. The molecule has 5 nitrogen and oxygen atoms in total. The van der Waals surface area contributed by atoms with Gasteiger partial charge in [0.15, 0.2) is 0 Å². The zero-order valence-electron chi connectivity index (χ0n) is 9.65. The van der Waals surface area contributed by atoms with Crippen molar-refractivity contribution >= 4 is 17.0 Å². The molecule has 0 aliphatic rings. The number of rotatable bonds is 3. The van der Waals surface area contributed by atoms with E-state index >= 15 is 0 Å². The Kier molecular flexibility index (Phi) is 2.85. The summed E-state index contributed by atoms with van der Waals surface area (Å²) in [6.45, 7) is 0. The lowest BCUT2D eigenvalue weighted by Gasteiger charge is -1.96. The molecule has 2 heterocycles. The van der Waals surface area contributed by atoms with E-state index < -0.39 is 4.92 Å². The van der Waals surface area contributed by atoms with Crippen LogP contribution in [0.25, 0.3) is 21.8 Å². The van der Waals surface area contributed by atoms with Crippen molar-refractivity contribution in [2.75, 3.05) is 0 Å². The summed E-state index contributed by atoms with van der Waals surface area (Å²) in [7, 11) is 0. The van der Waals surface area contributed by atoms with Gasteiger partial charge in [-0.2, -0.15) is 0 Å². The fourth-order valence-corrected chi connectivity index (χ4v) is 2.49. The van der Waals surface area contributed by atoms with Crippen molar-refractivity contribution in [3.63, 3.8) is 0 Å². The SMILES string of the molecule is O=[N+]([O-])c1ccc(-c2csc(-c3ccoc3)n2)cc1. The summed E-state index contributed by atoms with van der Waals surface area (Å²) in [5.74, 6) is 0. The molecule has 0 bridgehead atoms. The first-order valence-electron chi connectivity index (χ1n) is 5.47. The van der Waals surface area contributed by atoms with E-state index in [1.165, 1.54) is 23.5 Å². The van der Waals surface area contributed by atoms with Gasteiger partial charge in [-0.25, -0.2) is 4.98 Å². The van der Waals surface area contributed by atoms with Crippen LogP contribution in [0.1, 0.15) is 0 Å². The van der Waals surface area contributed by atoms with Gasteiger partial charge in [0, 0.05) is 28.6 Å². The summed E-state index contributed by atoms with van der Waals surface area (Å²) in [5.41, 5.74) is 2.67. The second-order valence-electron chi connectivity index (χ2n) is 3.85. The zero-order chi connectivity index (χ0) is 13.2. The van der Waals surface area contributed by atoms with Gasteiger partial charge in [-0.15, -0.1) is 11.3 Å². The van der Waals surface area contributed by atoms with Crippen LogP contribution in [-0.2, 0) is 0 Å². The Morgan fingerprint density at radius 3 is 2.58 bits per heavy atom. The van der Waals surface area contributed by atoms with Gasteiger partial charge in [0.25, 0.3) is 5.69 Å². The van der Waals surface area contributed by atoms with Gasteiger partial charge in [-0.05, 0) is 18.2 Å². The largest absolute Gasteiger partial charge is 0.472 e. The van der Waals surface area contributed by atoms with Crippen LogP contribution in [0, 0.1) is 10.1 Å². The van der Waals surface area contributed by atoms with E-state index in [-0.39, 0.29) is 5.69 Å². The number of nitro benzene ring substituents is 1. The number of nitrogens with zero attached hydrogens (tertiary/aromatic N) is 2. The molecule has 3 aromatic rings. The Hall–Kier alpha value is -2.47. The van der Waals surface area contributed by atoms with E-state index in [0.29, 0.717) is 0 Å². The number of furan rings is 1. The lowest BCUT2D eigenvalue weighted by molar-refractivity contribution is -0.384. The molecule has 0 fully saturated rings. The number of aromatic nitrogens is 1. The second-order valence-corrected chi connectivity index (χ2v) is 4.71. The molecule has 0 saturated carbocycles. The molecule has 0 saturated heterocycles. The average Bonchev–Trinajstić information content (AvgIpc) is 3.10. The monoisotopic (exact) mass is 272 g/mol. The highest BCUT2D eigenvalue weighted by Crippen LogP contribution is 2.29. The molecule has 0 aliphatic heterocycles. The fourth-order valence-electron chi connectivity index (χ4n) is 1.68. The fraction of sp³-hybridized carbons (Fsp3) is 0. The van der Waals surface area contributed by atoms with Crippen molar-refractivity contribution in [3.05, 3.63) is 58.4 Å². The van der Waals surface area contributed by atoms with E-state index in [4.69, 9.17) is 4.42 Å². The second kappa shape index (κ2) is 4.66. The molecule has 19 heavy (non-hydrogen) atoms. The van der Waals surface area contributed by atoms with E-state index in [0.717, 1.165) is 21.8 Å². The quantitative estimate of drug-likeness (QED) is 0.534. The first kappa shape index (κ1) is 11.6. The summed E-state index contributed by atoms with van der Waals surface area (Å²) in [5, 5.41) is 13.4. The predicted molar refractivity (Wildman–Crippen MR) is 71.9 cm³/mol. The molecule has 0 radical (unpaired) electrons. The summed E-state index contributed by atoms with van der Waals surface area (Å²) >= 11 is 1.51. The third kappa shape index (κ3) is 2.25. The normalized spacial score (nSPS) is 10.5. The van der Waals surface area contributed by atoms with Crippen molar-refractivity contribution in [1.29, 1.82) is 0 Å². The minimum Gasteiger partial charge on any atom is -0.472 e. The Bertz CT molecular complexity index is 702. The van der Waals surface area contributed by atoms with Crippen LogP contribution in [0.3, 0.4) is 0 Å². The van der Waals surface area contributed by atoms with Crippen molar-refractivity contribution < 1.29 is 9.34 Å². The van der Waals surface area contributed by atoms with E-state index in [2.05, 4.69) is 4.98 Å². The first-order chi connectivity index (χ1) is 9.24. The van der Waals surface area contributed by atoms with Crippen molar-refractivity contribution in [2.24, 2.45) is 0 Å². The lowest BCUT2D eigenvalue weighted by atomic mass is 10.1. The van der Waals surface area contributed by atoms with E-state index in [1.54, 1.807) is 24.7 Å². The highest BCUT2D eigenvalue weighted by atomic mass is 32.1. The van der Waals surface area contributed by atoms with Crippen LogP contribution in [0.2, 0.25) is 0 Å². The van der Waals surface area contributed by atoms with Gasteiger partial charge in [0.05, 0.1) is 16.9 Å². The third-order valence-electron chi connectivity index (χ3n) is 2.65. The minimum atomic E-state index is -0.415. The van der Waals surface area contributed by atoms with E-state index in [1.807, 2.05) is 11.4 Å². The molecule has 3 rings (SSSR count). The Morgan fingerprint density at radius 2 is 1.95 bits per heavy atom. The molecular formula is C13H8N2O3S. The maximum Gasteiger partial charge on any atom is 0.269 e. The maximum atomic E-state index is 10.6. The standard InChI is InChI=1S/C13H8N2O3S/c16-15(17)11-3-1-9(2-4-11)12-8-19-13(14-12)10-5-6-18-7-10/h1-8H. The third-order valence-corrected chi connectivity index (χ3v) is 3.54. The number of thiazole rings is 1. The van der Waals surface area contributed by atoms with Crippen molar-refractivity contribution in [2.45, 2.75) is 0 Å². The molecule has 1 aromatic carbocycles. The molecule has 0 atom stereocenters. The van der Waals surface area contributed by atoms with Gasteiger partial charge in [-0.1, -0.05) is 0 Å². The number of hydrogen-bond donors (Lipinski definition) is 0. The Labute approximate surface area is 112 Å². The zero-order valence-corrected chi connectivity index (χ0v) is 10.5. The maximum absolute atomic E-state index is 10.6. The van der Waals surface area contributed by atoms with Gasteiger partial charge in [-0.3, -0.25) is 10.1 Å². The van der Waals surface area contributed by atoms with Gasteiger partial charge in [0.1, 0.15) is 11.3 Å². The predicted octanol–water partition coefficient (Wildman–Crippen LogP) is 3.98. The van der Waals surface area contributed by atoms with Crippen LogP contribution >= 0.6 is 11.3 Å². The number of nitro groups is 1. The van der Waals surface area contributed by atoms with Crippen LogP contribution < -0.4 is 0 Å². The van der Waals surface area contributed by atoms with Crippen molar-refractivity contribution in [1.82, 2.24) is 4.98 Å². The molecule has 2 aromatic heterocycles.